The van der Waals surface area contributed by atoms with E-state index in [4.69, 9.17) is 9.47 Å². The zero-order valence-electron chi connectivity index (χ0n) is 22.3. The van der Waals surface area contributed by atoms with E-state index in [1.807, 2.05) is 20.8 Å². The van der Waals surface area contributed by atoms with Crippen LogP contribution < -0.4 is 10.6 Å². The number of carbonyl (C=O) groups is 6. The van der Waals surface area contributed by atoms with Gasteiger partial charge in [-0.1, -0.05) is 0 Å². The SMILES string of the molecule is CC(COC(C)(C)CCCNC(=O)CCN1C(=O)C=CC1=O)OCCCNC(=O)CCN1C(=O)C=CC1=O. The third-order valence-corrected chi connectivity index (χ3v) is 5.96. The van der Waals surface area contributed by atoms with E-state index in [0.717, 1.165) is 9.80 Å². The lowest BCUT2D eigenvalue weighted by molar-refractivity contribution is -0.139. The van der Waals surface area contributed by atoms with Crippen molar-refractivity contribution in [3.05, 3.63) is 24.3 Å². The number of hydrogen-bond donors (Lipinski definition) is 2. The molecule has 2 rings (SSSR count). The van der Waals surface area contributed by atoms with Gasteiger partial charge in [0.15, 0.2) is 0 Å². The van der Waals surface area contributed by atoms with Crippen molar-refractivity contribution in [1.29, 1.82) is 0 Å². The van der Waals surface area contributed by atoms with Gasteiger partial charge >= 0.3 is 0 Å². The molecule has 0 aliphatic carbocycles. The van der Waals surface area contributed by atoms with Gasteiger partial charge in [0, 0.05) is 69.9 Å². The average Bonchev–Trinajstić information content (AvgIpc) is 3.36. The van der Waals surface area contributed by atoms with Gasteiger partial charge in [-0.25, -0.2) is 0 Å². The molecule has 12 heteroatoms. The molecular formula is C26H38N4O8. The van der Waals surface area contributed by atoms with Gasteiger partial charge < -0.3 is 20.1 Å². The summed E-state index contributed by atoms with van der Waals surface area (Å²) in [7, 11) is 0. The number of hydrogen-bond acceptors (Lipinski definition) is 8. The Balaban J connectivity index is 1.46. The van der Waals surface area contributed by atoms with Crippen molar-refractivity contribution < 1.29 is 38.2 Å². The fourth-order valence-electron chi connectivity index (χ4n) is 3.70. The molecule has 0 aromatic rings. The highest BCUT2D eigenvalue weighted by Gasteiger charge is 2.25. The number of nitrogens with one attached hydrogen (secondary N) is 2. The molecule has 2 aliphatic heterocycles. The lowest BCUT2D eigenvalue weighted by Gasteiger charge is -2.27. The minimum atomic E-state index is -0.413. The van der Waals surface area contributed by atoms with Crippen molar-refractivity contribution in [2.24, 2.45) is 0 Å². The molecule has 2 aliphatic rings. The van der Waals surface area contributed by atoms with Crippen molar-refractivity contribution in [2.45, 2.75) is 64.6 Å². The van der Waals surface area contributed by atoms with E-state index in [1.54, 1.807) is 0 Å². The fraction of sp³-hybridized carbons (Fsp3) is 0.615. The Morgan fingerprint density at radius 3 is 1.74 bits per heavy atom. The van der Waals surface area contributed by atoms with Crippen LogP contribution in [-0.2, 0) is 38.2 Å². The molecular weight excluding hydrogens is 496 g/mol. The summed E-state index contributed by atoms with van der Waals surface area (Å²) in [6.45, 7) is 7.68. The Hall–Kier alpha value is -3.38. The first-order chi connectivity index (χ1) is 18.0. The van der Waals surface area contributed by atoms with Gasteiger partial charge in [-0.05, 0) is 40.0 Å². The number of nitrogens with zero attached hydrogens (tertiary/aromatic N) is 2. The van der Waals surface area contributed by atoms with Crippen LogP contribution >= 0.6 is 0 Å². The third kappa shape index (κ3) is 10.9. The second-order valence-corrected chi connectivity index (χ2v) is 9.73. The largest absolute Gasteiger partial charge is 0.376 e. The van der Waals surface area contributed by atoms with Crippen molar-refractivity contribution in [3.63, 3.8) is 0 Å². The van der Waals surface area contributed by atoms with Crippen LogP contribution in [0.4, 0.5) is 0 Å². The number of carbonyl (C=O) groups excluding carboxylic acids is 6. The van der Waals surface area contributed by atoms with E-state index in [9.17, 15) is 28.8 Å². The van der Waals surface area contributed by atoms with Gasteiger partial charge in [-0.3, -0.25) is 38.6 Å². The smallest absolute Gasteiger partial charge is 0.253 e. The van der Waals surface area contributed by atoms with E-state index in [2.05, 4.69) is 10.6 Å². The van der Waals surface area contributed by atoms with Crippen molar-refractivity contribution >= 4 is 35.4 Å². The minimum Gasteiger partial charge on any atom is -0.376 e. The first-order valence-electron chi connectivity index (χ1n) is 12.8. The number of amides is 6. The summed E-state index contributed by atoms with van der Waals surface area (Å²) in [5, 5.41) is 5.54. The van der Waals surface area contributed by atoms with E-state index in [0.29, 0.717) is 45.6 Å². The Morgan fingerprint density at radius 1 is 0.816 bits per heavy atom. The van der Waals surface area contributed by atoms with Crippen molar-refractivity contribution in [1.82, 2.24) is 20.4 Å². The molecule has 0 aromatic heterocycles. The Morgan fingerprint density at radius 2 is 1.26 bits per heavy atom. The molecule has 2 N–H and O–H groups in total. The summed E-state index contributed by atoms with van der Waals surface area (Å²) in [4.78, 5) is 71.8. The molecule has 210 valence electrons. The van der Waals surface area contributed by atoms with Gasteiger partial charge in [0.1, 0.15) is 0 Å². The van der Waals surface area contributed by atoms with Crippen LogP contribution in [0.3, 0.4) is 0 Å². The molecule has 0 aromatic carbocycles. The molecule has 1 unspecified atom stereocenters. The van der Waals surface area contributed by atoms with Crippen LogP contribution in [0.25, 0.3) is 0 Å². The highest BCUT2D eigenvalue weighted by molar-refractivity contribution is 6.13. The molecule has 0 fully saturated rings. The summed E-state index contributed by atoms with van der Waals surface area (Å²) in [6, 6.07) is 0. The maximum Gasteiger partial charge on any atom is 0.253 e. The van der Waals surface area contributed by atoms with Crippen molar-refractivity contribution in [2.75, 3.05) is 39.4 Å². The van der Waals surface area contributed by atoms with Crippen LogP contribution in [0.5, 0.6) is 0 Å². The van der Waals surface area contributed by atoms with Gasteiger partial charge in [0.05, 0.1) is 18.3 Å². The Kier molecular flexibility index (Phi) is 12.3. The molecule has 1 atom stereocenters. The predicted molar refractivity (Wildman–Crippen MR) is 136 cm³/mol. The second kappa shape index (κ2) is 15.1. The lowest BCUT2D eigenvalue weighted by atomic mass is 10.0. The average molecular weight is 535 g/mol. The number of rotatable bonds is 18. The molecule has 0 bridgehead atoms. The van der Waals surface area contributed by atoms with E-state index < -0.39 is 29.2 Å². The third-order valence-electron chi connectivity index (χ3n) is 5.96. The van der Waals surface area contributed by atoms with Crippen LogP contribution in [0.1, 0.15) is 52.9 Å². The Labute approximate surface area is 222 Å². The maximum absolute atomic E-state index is 12.0. The van der Waals surface area contributed by atoms with Crippen LogP contribution in [0, 0.1) is 0 Å². The second-order valence-electron chi connectivity index (χ2n) is 9.73. The quantitative estimate of drug-likeness (QED) is 0.187. The van der Waals surface area contributed by atoms with Crippen LogP contribution in [-0.4, -0.2) is 96.3 Å². The predicted octanol–water partition coefficient (Wildman–Crippen LogP) is 0.220. The summed E-state index contributed by atoms with van der Waals surface area (Å²) in [5.74, 6) is -2.05. The molecule has 0 saturated carbocycles. The first kappa shape index (κ1) is 30.8. The number of ether oxygens (including phenoxy) is 2. The zero-order chi connectivity index (χ0) is 28.1. The molecule has 0 saturated heterocycles. The van der Waals surface area contributed by atoms with Gasteiger partial charge in [-0.2, -0.15) is 0 Å². The standard InChI is InChI=1S/C26H38N4O8/c1-19(37-17-5-14-28-21(32)11-16-30-24(35)8-9-25(30)36)18-38-26(2,3)12-4-13-27-20(31)10-15-29-22(33)6-7-23(29)34/h6-9,19H,4-5,10-18H2,1-3H3,(H,27,31)(H,28,32). The minimum absolute atomic E-state index is 0.0569. The maximum atomic E-state index is 12.0. The molecule has 0 radical (unpaired) electrons. The van der Waals surface area contributed by atoms with Gasteiger partial charge in [0.2, 0.25) is 11.8 Å². The summed E-state index contributed by atoms with van der Waals surface area (Å²) >= 11 is 0. The van der Waals surface area contributed by atoms with E-state index in [1.165, 1.54) is 24.3 Å². The molecule has 12 nitrogen and oxygen atoms in total. The van der Waals surface area contributed by atoms with E-state index in [-0.39, 0.29) is 43.8 Å². The van der Waals surface area contributed by atoms with Gasteiger partial charge in [0.25, 0.3) is 23.6 Å². The topological polar surface area (TPSA) is 151 Å². The van der Waals surface area contributed by atoms with Crippen LogP contribution in [0.15, 0.2) is 24.3 Å². The molecule has 38 heavy (non-hydrogen) atoms. The monoisotopic (exact) mass is 534 g/mol. The summed E-state index contributed by atoms with van der Waals surface area (Å²) < 4.78 is 11.7. The van der Waals surface area contributed by atoms with Gasteiger partial charge in [-0.15, -0.1) is 0 Å². The molecule has 0 spiro atoms. The lowest BCUT2D eigenvalue weighted by Crippen LogP contribution is -2.35. The van der Waals surface area contributed by atoms with Crippen LogP contribution in [0.2, 0.25) is 0 Å². The highest BCUT2D eigenvalue weighted by Crippen LogP contribution is 2.17. The summed E-state index contributed by atoms with van der Waals surface area (Å²) in [6.07, 6.45) is 6.78. The summed E-state index contributed by atoms with van der Waals surface area (Å²) in [5.41, 5.74) is -0.413. The zero-order valence-corrected chi connectivity index (χ0v) is 22.3. The van der Waals surface area contributed by atoms with E-state index >= 15 is 0 Å². The number of imide groups is 2. The Bertz CT molecular complexity index is 923. The van der Waals surface area contributed by atoms with Crippen molar-refractivity contribution in [3.8, 4) is 0 Å². The fourth-order valence-corrected chi connectivity index (χ4v) is 3.70. The first-order valence-corrected chi connectivity index (χ1v) is 12.8. The normalized spacial score (nSPS) is 16.1. The molecule has 6 amide bonds. The highest BCUT2D eigenvalue weighted by atomic mass is 16.5. The molecule has 2 heterocycles.